The summed E-state index contributed by atoms with van der Waals surface area (Å²) in [5.41, 5.74) is 2.16. The van der Waals surface area contributed by atoms with Crippen molar-refractivity contribution in [1.29, 1.82) is 0 Å². The predicted molar refractivity (Wildman–Crippen MR) is 82.0 cm³/mol. The first-order valence-electron chi connectivity index (χ1n) is 7.10. The van der Waals surface area contributed by atoms with Crippen molar-refractivity contribution in [2.45, 2.75) is 26.3 Å². The number of hydrogen-bond donors (Lipinski definition) is 1. The van der Waals surface area contributed by atoms with Crippen molar-refractivity contribution in [2.24, 2.45) is 5.92 Å². The van der Waals surface area contributed by atoms with Crippen LogP contribution in [0.25, 0.3) is 11.0 Å². The molecule has 0 spiro atoms. The molecule has 1 N–H and O–H groups in total. The topological polar surface area (TPSA) is 81.2 Å². The lowest BCUT2D eigenvalue weighted by Crippen LogP contribution is -2.44. The first-order chi connectivity index (χ1) is 10.5. The summed E-state index contributed by atoms with van der Waals surface area (Å²) in [6, 6.07) is 6.71. The Kier molecular flexibility index (Phi) is 5.04. The fourth-order valence-corrected chi connectivity index (χ4v) is 1.98. The standard InChI is InChI=1S/C16H19N3O3/c1-10(2)15(20)19-14(16(21)22-3)8-11-9-17-12-6-4-5-7-13(12)18-11/h4-7,9-10,14H,8H2,1-3H3,(H,19,20)/t14-/m0/s1. The Labute approximate surface area is 128 Å². The van der Waals surface area contributed by atoms with Crippen molar-refractivity contribution in [3.8, 4) is 0 Å². The fourth-order valence-electron chi connectivity index (χ4n) is 1.98. The van der Waals surface area contributed by atoms with E-state index in [0.717, 1.165) is 11.0 Å². The van der Waals surface area contributed by atoms with Crippen LogP contribution in [0.5, 0.6) is 0 Å². The molecule has 1 atom stereocenters. The number of nitrogens with one attached hydrogen (secondary N) is 1. The summed E-state index contributed by atoms with van der Waals surface area (Å²) in [4.78, 5) is 32.4. The molecule has 0 saturated carbocycles. The molecule has 6 heteroatoms. The minimum Gasteiger partial charge on any atom is -0.467 e. The minimum atomic E-state index is -0.768. The van der Waals surface area contributed by atoms with Gasteiger partial charge in [-0.15, -0.1) is 0 Å². The van der Waals surface area contributed by atoms with Crippen molar-refractivity contribution in [3.05, 3.63) is 36.2 Å². The molecule has 1 amide bonds. The summed E-state index contributed by atoms with van der Waals surface area (Å²) in [7, 11) is 1.29. The number of esters is 1. The third kappa shape index (κ3) is 3.78. The quantitative estimate of drug-likeness (QED) is 0.846. The van der Waals surface area contributed by atoms with Gasteiger partial charge in [-0.25, -0.2) is 9.78 Å². The molecule has 1 aromatic carbocycles. The average molecular weight is 301 g/mol. The van der Waals surface area contributed by atoms with Gasteiger partial charge in [-0.2, -0.15) is 0 Å². The molecule has 116 valence electrons. The van der Waals surface area contributed by atoms with E-state index >= 15 is 0 Å². The SMILES string of the molecule is COC(=O)[C@H](Cc1cnc2ccccc2n1)NC(=O)C(C)C. The van der Waals surface area contributed by atoms with Crippen molar-refractivity contribution >= 4 is 22.9 Å². The van der Waals surface area contributed by atoms with Gasteiger partial charge in [0.2, 0.25) is 5.91 Å². The molecule has 0 radical (unpaired) electrons. The first-order valence-corrected chi connectivity index (χ1v) is 7.10. The van der Waals surface area contributed by atoms with Crippen LogP contribution in [0, 0.1) is 5.92 Å². The summed E-state index contributed by atoms with van der Waals surface area (Å²) < 4.78 is 4.75. The zero-order valence-corrected chi connectivity index (χ0v) is 12.9. The molecule has 2 rings (SSSR count). The number of carbonyl (C=O) groups is 2. The monoisotopic (exact) mass is 301 g/mol. The lowest BCUT2D eigenvalue weighted by Gasteiger charge is -2.17. The maximum atomic E-state index is 11.9. The third-order valence-corrected chi connectivity index (χ3v) is 3.24. The second kappa shape index (κ2) is 6.98. The Hall–Kier alpha value is -2.50. The van der Waals surface area contributed by atoms with E-state index in [2.05, 4.69) is 15.3 Å². The summed E-state index contributed by atoms with van der Waals surface area (Å²) in [5, 5.41) is 2.68. The molecular weight excluding hydrogens is 282 g/mol. The highest BCUT2D eigenvalue weighted by Gasteiger charge is 2.23. The highest BCUT2D eigenvalue weighted by atomic mass is 16.5. The number of rotatable bonds is 5. The third-order valence-electron chi connectivity index (χ3n) is 3.24. The second-order valence-corrected chi connectivity index (χ2v) is 5.29. The lowest BCUT2D eigenvalue weighted by molar-refractivity contribution is -0.145. The summed E-state index contributed by atoms with van der Waals surface area (Å²) >= 11 is 0. The summed E-state index contributed by atoms with van der Waals surface area (Å²) in [6.07, 6.45) is 1.85. The van der Waals surface area contributed by atoms with E-state index in [1.165, 1.54) is 7.11 Å². The number of para-hydroxylation sites is 2. The smallest absolute Gasteiger partial charge is 0.328 e. The number of amides is 1. The molecule has 1 heterocycles. The van der Waals surface area contributed by atoms with Crippen LogP contribution in [0.1, 0.15) is 19.5 Å². The van der Waals surface area contributed by atoms with Gasteiger partial charge in [-0.1, -0.05) is 26.0 Å². The van der Waals surface area contributed by atoms with E-state index < -0.39 is 12.0 Å². The van der Waals surface area contributed by atoms with E-state index in [4.69, 9.17) is 4.74 Å². The van der Waals surface area contributed by atoms with Crippen LogP contribution >= 0.6 is 0 Å². The zero-order chi connectivity index (χ0) is 16.1. The van der Waals surface area contributed by atoms with Crippen LogP contribution in [-0.4, -0.2) is 35.0 Å². The number of nitrogens with zero attached hydrogens (tertiary/aromatic N) is 2. The average Bonchev–Trinajstić information content (AvgIpc) is 2.53. The van der Waals surface area contributed by atoms with Gasteiger partial charge in [-0.3, -0.25) is 9.78 Å². The Morgan fingerprint density at radius 3 is 2.55 bits per heavy atom. The number of aromatic nitrogens is 2. The van der Waals surface area contributed by atoms with E-state index in [9.17, 15) is 9.59 Å². The van der Waals surface area contributed by atoms with Crippen LogP contribution in [0.2, 0.25) is 0 Å². The zero-order valence-electron chi connectivity index (χ0n) is 12.9. The molecule has 0 saturated heterocycles. The Morgan fingerprint density at radius 2 is 1.91 bits per heavy atom. The minimum absolute atomic E-state index is 0.204. The van der Waals surface area contributed by atoms with Crippen LogP contribution in [0.15, 0.2) is 30.5 Å². The Morgan fingerprint density at radius 1 is 1.23 bits per heavy atom. The van der Waals surface area contributed by atoms with Crippen molar-refractivity contribution in [3.63, 3.8) is 0 Å². The largest absolute Gasteiger partial charge is 0.467 e. The van der Waals surface area contributed by atoms with Gasteiger partial charge in [-0.05, 0) is 12.1 Å². The highest BCUT2D eigenvalue weighted by molar-refractivity contribution is 5.85. The van der Waals surface area contributed by atoms with Crippen molar-refractivity contribution in [1.82, 2.24) is 15.3 Å². The predicted octanol–water partition coefficient (Wildman–Crippen LogP) is 1.49. The summed E-state index contributed by atoms with van der Waals surface area (Å²) in [6.45, 7) is 3.53. The van der Waals surface area contributed by atoms with E-state index in [1.807, 2.05) is 24.3 Å². The molecule has 6 nitrogen and oxygen atoms in total. The second-order valence-electron chi connectivity index (χ2n) is 5.29. The van der Waals surface area contributed by atoms with E-state index in [0.29, 0.717) is 5.69 Å². The molecule has 0 aliphatic heterocycles. The van der Waals surface area contributed by atoms with Gasteiger partial charge in [0.25, 0.3) is 0 Å². The molecule has 0 unspecified atom stereocenters. The number of carbonyl (C=O) groups excluding carboxylic acids is 2. The normalized spacial score (nSPS) is 12.2. The number of hydrogen-bond acceptors (Lipinski definition) is 5. The molecule has 1 aromatic heterocycles. The van der Waals surface area contributed by atoms with Gasteiger partial charge in [0, 0.05) is 18.5 Å². The lowest BCUT2D eigenvalue weighted by atomic mass is 10.1. The first kappa shape index (κ1) is 15.9. The molecule has 0 aliphatic rings. The maximum absolute atomic E-state index is 11.9. The van der Waals surface area contributed by atoms with Crippen LogP contribution in [-0.2, 0) is 20.7 Å². The molecular formula is C16H19N3O3. The molecule has 0 bridgehead atoms. The summed E-state index contributed by atoms with van der Waals surface area (Å²) in [5.74, 6) is -0.914. The Bertz CT molecular complexity index is 685. The van der Waals surface area contributed by atoms with Gasteiger partial charge >= 0.3 is 5.97 Å². The van der Waals surface area contributed by atoms with Crippen LogP contribution in [0.3, 0.4) is 0 Å². The van der Waals surface area contributed by atoms with Crippen molar-refractivity contribution in [2.75, 3.05) is 7.11 Å². The number of fused-ring (bicyclic) bond motifs is 1. The van der Waals surface area contributed by atoms with Gasteiger partial charge in [0.1, 0.15) is 6.04 Å². The molecule has 2 aromatic rings. The van der Waals surface area contributed by atoms with Gasteiger partial charge < -0.3 is 10.1 Å². The molecule has 0 aliphatic carbocycles. The number of ether oxygens (including phenoxy) is 1. The van der Waals surface area contributed by atoms with E-state index in [-0.39, 0.29) is 18.2 Å². The Balaban J connectivity index is 2.20. The maximum Gasteiger partial charge on any atom is 0.328 e. The van der Waals surface area contributed by atoms with Crippen molar-refractivity contribution < 1.29 is 14.3 Å². The highest BCUT2D eigenvalue weighted by Crippen LogP contribution is 2.10. The fraction of sp³-hybridized carbons (Fsp3) is 0.375. The van der Waals surface area contributed by atoms with Crippen LogP contribution in [0.4, 0.5) is 0 Å². The van der Waals surface area contributed by atoms with Gasteiger partial charge in [0.05, 0.1) is 23.8 Å². The number of benzene rings is 1. The van der Waals surface area contributed by atoms with Crippen LogP contribution < -0.4 is 5.32 Å². The van der Waals surface area contributed by atoms with E-state index in [1.54, 1.807) is 20.0 Å². The molecule has 22 heavy (non-hydrogen) atoms. The van der Waals surface area contributed by atoms with Gasteiger partial charge in [0.15, 0.2) is 0 Å². The molecule has 0 fully saturated rings. The number of methoxy groups -OCH3 is 1.